The van der Waals surface area contributed by atoms with E-state index in [0.29, 0.717) is 12.1 Å². The van der Waals surface area contributed by atoms with Gasteiger partial charge in [-0.15, -0.1) is 0 Å². The zero-order valence-electron chi connectivity index (χ0n) is 12.7. The lowest BCUT2D eigenvalue weighted by atomic mass is 9.72. The third kappa shape index (κ3) is 3.96. The van der Waals surface area contributed by atoms with Crippen molar-refractivity contribution < 1.29 is 0 Å². The molecule has 0 spiro atoms. The Bertz CT molecular complexity index is 217. The standard InChI is InChI=1S/C15H32N2/c1-7-13(4)17(6)10-14-12(3)8-11(2)9-15(14)16-5/h11-16H,7-10H2,1-6H3. The van der Waals surface area contributed by atoms with Gasteiger partial charge in [0.15, 0.2) is 0 Å². The van der Waals surface area contributed by atoms with E-state index < -0.39 is 0 Å². The van der Waals surface area contributed by atoms with Gasteiger partial charge in [-0.3, -0.25) is 0 Å². The summed E-state index contributed by atoms with van der Waals surface area (Å²) in [7, 11) is 4.41. The molecular weight excluding hydrogens is 208 g/mol. The average Bonchev–Trinajstić information content (AvgIpc) is 2.30. The smallest absolute Gasteiger partial charge is 0.0110 e. The molecule has 0 saturated heterocycles. The molecule has 1 aliphatic rings. The van der Waals surface area contributed by atoms with Crippen LogP contribution in [0.4, 0.5) is 0 Å². The predicted octanol–water partition coefficient (Wildman–Crippen LogP) is 2.99. The predicted molar refractivity (Wildman–Crippen MR) is 76.3 cm³/mol. The number of rotatable bonds is 5. The molecule has 1 aliphatic carbocycles. The summed E-state index contributed by atoms with van der Waals surface area (Å²) in [5.74, 6) is 2.55. The van der Waals surface area contributed by atoms with Crippen molar-refractivity contribution in [2.75, 3.05) is 20.6 Å². The van der Waals surface area contributed by atoms with E-state index in [9.17, 15) is 0 Å². The van der Waals surface area contributed by atoms with E-state index in [4.69, 9.17) is 0 Å². The van der Waals surface area contributed by atoms with E-state index in [1.54, 1.807) is 0 Å². The molecule has 5 unspecified atom stereocenters. The Morgan fingerprint density at radius 1 is 1.29 bits per heavy atom. The zero-order chi connectivity index (χ0) is 13.0. The summed E-state index contributed by atoms with van der Waals surface area (Å²) in [5.41, 5.74) is 0. The Labute approximate surface area is 108 Å². The highest BCUT2D eigenvalue weighted by molar-refractivity contribution is 4.88. The lowest BCUT2D eigenvalue weighted by Gasteiger charge is -2.42. The van der Waals surface area contributed by atoms with Gasteiger partial charge in [0.1, 0.15) is 0 Å². The maximum absolute atomic E-state index is 3.55. The molecule has 2 nitrogen and oxygen atoms in total. The van der Waals surface area contributed by atoms with Crippen LogP contribution in [0.3, 0.4) is 0 Å². The van der Waals surface area contributed by atoms with Crippen molar-refractivity contribution in [3.63, 3.8) is 0 Å². The Balaban J connectivity index is 2.59. The van der Waals surface area contributed by atoms with E-state index in [-0.39, 0.29) is 0 Å². The maximum atomic E-state index is 3.55. The first-order valence-electron chi connectivity index (χ1n) is 7.37. The third-order valence-electron chi connectivity index (χ3n) is 4.89. The van der Waals surface area contributed by atoms with Crippen LogP contribution in [0.1, 0.15) is 47.0 Å². The summed E-state index contributed by atoms with van der Waals surface area (Å²) < 4.78 is 0. The fourth-order valence-corrected chi connectivity index (χ4v) is 3.37. The average molecular weight is 240 g/mol. The molecule has 1 saturated carbocycles. The van der Waals surface area contributed by atoms with Crippen molar-refractivity contribution in [1.82, 2.24) is 10.2 Å². The largest absolute Gasteiger partial charge is 0.317 e. The van der Waals surface area contributed by atoms with Crippen molar-refractivity contribution in [2.24, 2.45) is 17.8 Å². The van der Waals surface area contributed by atoms with Crippen LogP contribution in [-0.4, -0.2) is 37.6 Å². The van der Waals surface area contributed by atoms with Crippen LogP contribution in [-0.2, 0) is 0 Å². The molecule has 0 aromatic carbocycles. The van der Waals surface area contributed by atoms with E-state index in [1.807, 2.05) is 0 Å². The molecule has 17 heavy (non-hydrogen) atoms. The number of hydrogen-bond acceptors (Lipinski definition) is 2. The van der Waals surface area contributed by atoms with Gasteiger partial charge in [-0.25, -0.2) is 0 Å². The summed E-state index contributed by atoms with van der Waals surface area (Å²) in [6, 6.07) is 1.42. The lowest BCUT2D eigenvalue weighted by Crippen LogP contribution is -2.48. The second-order valence-corrected chi connectivity index (χ2v) is 6.31. The highest BCUT2D eigenvalue weighted by Gasteiger charge is 2.33. The van der Waals surface area contributed by atoms with E-state index in [2.05, 4.69) is 52.0 Å². The molecule has 1 N–H and O–H groups in total. The van der Waals surface area contributed by atoms with Crippen LogP contribution in [0.15, 0.2) is 0 Å². The maximum Gasteiger partial charge on any atom is 0.0110 e. The van der Waals surface area contributed by atoms with Crippen LogP contribution in [0.2, 0.25) is 0 Å². The fraction of sp³-hybridized carbons (Fsp3) is 1.00. The highest BCUT2D eigenvalue weighted by atomic mass is 15.1. The minimum atomic E-state index is 0.707. The minimum absolute atomic E-state index is 0.707. The van der Waals surface area contributed by atoms with Gasteiger partial charge in [0, 0.05) is 18.6 Å². The first-order valence-corrected chi connectivity index (χ1v) is 7.37. The summed E-state index contributed by atoms with van der Waals surface area (Å²) in [4.78, 5) is 2.54. The van der Waals surface area contributed by atoms with Gasteiger partial charge in [-0.05, 0) is 58.0 Å². The van der Waals surface area contributed by atoms with Gasteiger partial charge in [-0.2, -0.15) is 0 Å². The molecule has 1 fully saturated rings. The molecule has 5 atom stereocenters. The van der Waals surface area contributed by atoms with E-state index in [1.165, 1.54) is 25.8 Å². The van der Waals surface area contributed by atoms with Crippen molar-refractivity contribution in [3.05, 3.63) is 0 Å². The summed E-state index contributed by atoms with van der Waals surface area (Å²) in [6.45, 7) is 10.7. The van der Waals surface area contributed by atoms with E-state index >= 15 is 0 Å². The van der Waals surface area contributed by atoms with Crippen molar-refractivity contribution in [1.29, 1.82) is 0 Å². The highest BCUT2D eigenvalue weighted by Crippen LogP contribution is 2.34. The molecule has 0 aromatic rings. The molecule has 0 aliphatic heterocycles. The van der Waals surface area contributed by atoms with Gasteiger partial charge in [0.05, 0.1) is 0 Å². The first-order chi connectivity index (χ1) is 7.99. The molecule has 0 amide bonds. The summed E-state index contributed by atoms with van der Waals surface area (Å²) in [6.07, 6.45) is 4.00. The number of nitrogens with zero attached hydrogens (tertiary/aromatic N) is 1. The molecule has 1 rings (SSSR count). The molecule has 0 heterocycles. The second kappa shape index (κ2) is 6.75. The van der Waals surface area contributed by atoms with Crippen molar-refractivity contribution in [2.45, 2.75) is 59.0 Å². The Morgan fingerprint density at radius 2 is 1.94 bits per heavy atom. The second-order valence-electron chi connectivity index (χ2n) is 6.31. The van der Waals surface area contributed by atoms with Gasteiger partial charge in [-0.1, -0.05) is 20.8 Å². The quantitative estimate of drug-likeness (QED) is 0.795. The van der Waals surface area contributed by atoms with Crippen LogP contribution >= 0.6 is 0 Å². The van der Waals surface area contributed by atoms with Gasteiger partial charge >= 0.3 is 0 Å². The molecule has 0 bridgehead atoms. The first kappa shape index (κ1) is 15.0. The van der Waals surface area contributed by atoms with Gasteiger partial charge in [0.25, 0.3) is 0 Å². The number of nitrogens with one attached hydrogen (secondary N) is 1. The Morgan fingerprint density at radius 3 is 2.47 bits per heavy atom. The summed E-state index contributed by atoms with van der Waals surface area (Å²) in [5, 5.41) is 3.55. The number of hydrogen-bond donors (Lipinski definition) is 1. The molecule has 102 valence electrons. The molecule has 0 radical (unpaired) electrons. The van der Waals surface area contributed by atoms with E-state index in [0.717, 1.165) is 17.8 Å². The monoisotopic (exact) mass is 240 g/mol. The summed E-state index contributed by atoms with van der Waals surface area (Å²) >= 11 is 0. The van der Waals surface area contributed by atoms with Gasteiger partial charge in [0.2, 0.25) is 0 Å². The Kier molecular flexibility index (Phi) is 5.94. The van der Waals surface area contributed by atoms with Crippen molar-refractivity contribution >= 4 is 0 Å². The Hall–Kier alpha value is -0.0800. The molecule has 2 heteroatoms. The fourth-order valence-electron chi connectivity index (χ4n) is 3.37. The third-order valence-corrected chi connectivity index (χ3v) is 4.89. The zero-order valence-corrected chi connectivity index (χ0v) is 12.7. The van der Waals surface area contributed by atoms with Crippen LogP contribution in [0, 0.1) is 17.8 Å². The van der Waals surface area contributed by atoms with Crippen LogP contribution < -0.4 is 5.32 Å². The minimum Gasteiger partial charge on any atom is -0.317 e. The van der Waals surface area contributed by atoms with Gasteiger partial charge < -0.3 is 10.2 Å². The molecular formula is C15H32N2. The molecule has 0 aromatic heterocycles. The van der Waals surface area contributed by atoms with Crippen LogP contribution in [0.25, 0.3) is 0 Å². The lowest BCUT2D eigenvalue weighted by molar-refractivity contribution is 0.0997. The SMILES string of the molecule is CCC(C)N(C)CC1C(C)CC(C)CC1NC. The van der Waals surface area contributed by atoms with Crippen LogP contribution in [0.5, 0.6) is 0 Å². The van der Waals surface area contributed by atoms with Crippen molar-refractivity contribution in [3.8, 4) is 0 Å². The normalized spacial score (nSPS) is 36.2. The topological polar surface area (TPSA) is 15.3 Å².